The summed E-state index contributed by atoms with van der Waals surface area (Å²) in [6.45, 7) is 1.57. The van der Waals surface area contributed by atoms with E-state index in [4.69, 9.17) is 10.5 Å². The van der Waals surface area contributed by atoms with Crippen molar-refractivity contribution in [3.63, 3.8) is 0 Å². The van der Waals surface area contributed by atoms with Crippen LogP contribution in [-0.4, -0.2) is 39.1 Å². The molecule has 0 radical (unpaired) electrons. The van der Waals surface area contributed by atoms with Crippen LogP contribution in [0.25, 0.3) is 0 Å². The van der Waals surface area contributed by atoms with E-state index in [1.807, 2.05) is 0 Å². The number of tetrazole rings is 1. The maximum atomic E-state index is 12.7. The molecule has 102 valence electrons. The topological polar surface area (TPSA) is 78.9 Å². The van der Waals surface area contributed by atoms with Gasteiger partial charge < -0.3 is 10.5 Å². The maximum absolute atomic E-state index is 12.7. The first kappa shape index (κ1) is 13.8. The number of rotatable bonds is 7. The van der Waals surface area contributed by atoms with Crippen molar-refractivity contribution in [3.05, 3.63) is 30.1 Å². The van der Waals surface area contributed by atoms with E-state index in [1.165, 1.54) is 23.9 Å². The third-order valence-corrected chi connectivity index (χ3v) is 3.16. The fourth-order valence-electron chi connectivity index (χ4n) is 1.39. The third kappa shape index (κ3) is 4.18. The van der Waals surface area contributed by atoms with Gasteiger partial charge in [0.05, 0.1) is 13.2 Å². The number of nitrogens with zero attached hydrogens (tertiary/aromatic N) is 4. The summed E-state index contributed by atoms with van der Waals surface area (Å²) < 4.78 is 19.8. The summed E-state index contributed by atoms with van der Waals surface area (Å²) in [5.74, 6) is 1.06. The SMILES string of the molecule is NCCn1nnnc1SCCOc1ccc(F)cc1. The molecular formula is C11H14FN5OS. The molecular weight excluding hydrogens is 269 g/mol. The number of benzene rings is 1. The van der Waals surface area contributed by atoms with E-state index in [9.17, 15) is 4.39 Å². The van der Waals surface area contributed by atoms with Crippen molar-refractivity contribution in [3.8, 4) is 5.75 Å². The smallest absolute Gasteiger partial charge is 0.209 e. The van der Waals surface area contributed by atoms with Gasteiger partial charge in [0.25, 0.3) is 0 Å². The molecule has 1 heterocycles. The molecule has 0 aliphatic rings. The zero-order chi connectivity index (χ0) is 13.5. The summed E-state index contributed by atoms with van der Waals surface area (Å²) in [4.78, 5) is 0. The minimum Gasteiger partial charge on any atom is -0.493 e. The van der Waals surface area contributed by atoms with Crippen molar-refractivity contribution >= 4 is 11.8 Å². The summed E-state index contributed by atoms with van der Waals surface area (Å²) in [7, 11) is 0. The molecule has 1 aromatic carbocycles. The van der Waals surface area contributed by atoms with Crippen molar-refractivity contribution in [2.45, 2.75) is 11.7 Å². The molecule has 0 saturated carbocycles. The third-order valence-electron chi connectivity index (χ3n) is 2.24. The quantitative estimate of drug-likeness (QED) is 0.602. The Kier molecular flexibility index (Phi) is 5.10. The fraction of sp³-hybridized carbons (Fsp3) is 0.364. The lowest BCUT2D eigenvalue weighted by molar-refractivity contribution is 0.343. The molecule has 0 bridgehead atoms. The molecule has 0 aliphatic carbocycles. The van der Waals surface area contributed by atoms with E-state index < -0.39 is 0 Å². The van der Waals surface area contributed by atoms with Crippen molar-refractivity contribution in [2.75, 3.05) is 18.9 Å². The van der Waals surface area contributed by atoms with Crippen molar-refractivity contribution in [2.24, 2.45) is 5.73 Å². The van der Waals surface area contributed by atoms with Crippen LogP contribution < -0.4 is 10.5 Å². The number of nitrogens with two attached hydrogens (primary N) is 1. The van der Waals surface area contributed by atoms with Gasteiger partial charge in [-0.15, -0.1) is 5.10 Å². The highest BCUT2D eigenvalue weighted by molar-refractivity contribution is 7.99. The Morgan fingerprint density at radius 3 is 2.84 bits per heavy atom. The molecule has 0 atom stereocenters. The number of halogens is 1. The highest BCUT2D eigenvalue weighted by Gasteiger charge is 2.05. The molecule has 8 heteroatoms. The van der Waals surface area contributed by atoms with Crippen LogP contribution in [0.2, 0.25) is 0 Å². The van der Waals surface area contributed by atoms with Crippen molar-refractivity contribution in [1.82, 2.24) is 20.2 Å². The van der Waals surface area contributed by atoms with Gasteiger partial charge in [-0.05, 0) is 34.7 Å². The lowest BCUT2D eigenvalue weighted by Crippen LogP contribution is -2.12. The Hall–Kier alpha value is -1.67. The molecule has 0 unspecified atom stereocenters. The monoisotopic (exact) mass is 283 g/mol. The highest BCUT2D eigenvalue weighted by Crippen LogP contribution is 2.15. The molecule has 0 saturated heterocycles. The van der Waals surface area contributed by atoms with Crippen molar-refractivity contribution < 1.29 is 9.13 Å². The molecule has 6 nitrogen and oxygen atoms in total. The number of hydrogen-bond donors (Lipinski definition) is 1. The molecule has 1 aromatic heterocycles. The molecule has 19 heavy (non-hydrogen) atoms. The lowest BCUT2D eigenvalue weighted by Gasteiger charge is -2.05. The normalized spacial score (nSPS) is 10.6. The lowest BCUT2D eigenvalue weighted by atomic mass is 10.3. The average Bonchev–Trinajstić information content (AvgIpc) is 2.85. The summed E-state index contributed by atoms with van der Waals surface area (Å²) in [6.07, 6.45) is 0. The van der Waals surface area contributed by atoms with Crippen LogP contribution in [0.1, 0.15) is 0 Å². The molecule has 2 rings (SSSR count). The zero-order valence-corrected chi connectivity index (χ0v) is 11.0. The Labute approximate surface area is 114 Å². The first-order valence-corrected chi connectivity index (χ1v) is 6.75. The molecule has 0 aliphatic heterocycles. The van der Waals surface area contributed by atoms with Gasteiger partial charge >= 0.3 is 0 Å². The highest BCUT2D eigenvalue weighted by atomic mass is 32.2. The van der Waals surface area contributed by atoms with E-state index in [0.717, 1.165) is 0 Å². The van der Waals surface area contributed by atoms with Crippen LogP contribution in [0.4, 0.5) is 4.39 Å². The van der Waals surface area contributed by atoms with E-state index in [2.05, 4.69) is 15.5 Å². The van der Waals surface area contributed by atoms with Crippen LogP contribution in [0.3, 0.4) is 0 Å². The van der Waals surface area contributed by atoms with E-state index in [0.29, 0.717) is 36.4 Å². The number of aromatic nitrogens is 4. The molecule has 2 aromatic rings. The van der Waals surface area contributed by atoms with Crippen LogP contribution in [0.5, 0.6) is 5.75 Å². The van der Waals surface area contributed by atoms with Gasteiger partial charge in [0.15, 0.2) is 0 Å². The largest absolute Gasteiger partial charge is 0.493 e. The van der Waals surface area contributed by atoms with E-state index in [-0.39, 0.29) is 5.82 Å². The van der Waals surface area contributed by atoms with Crippen LogP contribution >= 0.6 is 11.8 Å². The Balaban J connectivity index is 1.74. The van der Waals surface area contributed by atoms with E-state index >= 15 is 0 Å². The Bertz CT molecular complexity index is 504. The fourth-order valence-corrected chi connectivity index (χ4v) is 2.11. The average molecular weight is 283 g/mol. The van der Waals surface area contributed by atoms with Gasteiger partial charge in [-0.25, -0.2) is 9.07 Å². The zero-order valence-electron chi connectivity index (χ0n) is 10.2. The van der Waals surface area contributed by atoms with Gasteiger partial charge in [0.2, 0.25) is 5.16 Å². The molecule has 2 N–H and O–H groups in total. The predicted molar refractivity (Wildman–Crippen MR) is 69.5 cm³/mol. The summed E-state index contributed by atoms with van der Waals surface area (Å²) in [5.41, 5.74) is 5.45. The second-order valence-electron chi connectivity index (χ2n) is 3.62. The first-order chi connectivity index (χ1) is 9.29. The summed E-state index contributed by atoms with van der Waals surface area (Å²) in [6, 6.07) is 5.92. The van der Waals surface area contributed by atoms with E-state index in [1.54, 1.807) is 16.8 Å². The van der Waals surface area contributed by atoms with Gasteiger partial charge in [-0.1, -0.05) is 11.8 Å². The van der Waals surface area contributed by atoms with Gasteiger partial charge in [-0.3, -0.25) is 0 Å². The number of ether oxygens (including phenoxy) is 1. The molecule has 0 fully saturated rings. The minimum atomic E-state index is -0.275. The van der Waals surface area contributed by atoms with Gasteiger partial charge in [-0.2, -0.15) is 0 Å². The minimum absolute atomic E-state index is 0.275. The second-order valence-corrected chi connectivity index (χ2v) is 4.69. The van der Waals surface area contributed by atoms with Gasteiger partial charge in [0, 0.05) is 12.3 Å². The molecule has 0 spiro atoms. The van der Waals surface area contributed by atoms with Crippen LogP contribution in [0.15, 0.2) is 29.4 Å². The van der Waals surface area contributed by atoms with Crippen LogP contribution in [-0.2, 0) is 6.54 Å². The molecule has 0 amide bonds. The summed E-state index contributed by atoms with van der Waals surface area (Å²) >= 11 is 1.49. The maximum Gasteiger partial charge on any atom is 0.209 e. The van der Waals surface area contributed by atoms with Gasteiger partial charge in [0.1, 0.15) is 11.6 Å². The predicted octanol–water partition coefficient (Wildman–Crippen LogP) is 0.942. The van der Waals surface area contributed by atoms with Crippen molar-refractivity contribution in [1.29, 1.82) is 0 Å². The second kappa shape index (κ2) is 7.05. The number of thioether (sulfide) groups is 1. The summed E-state index contributed by atoms with van der Waals surface area (Å²) in [5, 5.41) is 12.0. The standard InChI is InChI=1S/C11H14FN5OS/c12-9-1-3-10(4-2-9)18-7-8-19-11-14-15-16-17(11)6-5-13/h1-4H,5-8,13H2. The number of hydrogen-bond acceptors (Lipinski definition) is 6. The van der Waals surface area contributed by atoms with Crippen LogP contribution in [0, 0.1) is 5.82 Å². The Morgan fingerprint density at radius 1 is 1.32 bits per heavy atom. The first-order valence-electron chi connectivity index (χ1n) is 5.77. The Morgan fingerprint density at radius 2 is 2.11 bits per heavy atom.